The first-order valence-corrected chi connectivity index (χ1v) is 2.82. The molecule has 1 unspecified atom stereocenters. The topological polar surface area (TPSA) is 50.4 Å². The van der Waals surface area contributed by atoms with E-state index >= 15 is 0 Å². The van der Waals surface area contributed by atoms with E-state index in [0.717, 1.165) is 0 Å². The first kappa shape index (κ1) is 8.01. The van der Waals surface area contributed by atoms with Crippen LogP contribution >= 0.6 is 0 Å². The van der Waals surface area contributed by atoms with E-state index in [4.69, 9.17) is 5.73 Å². The van der Waals surface area contributed by atoms with Crippen LogP contribution in [-0.2, 0) is 0 Å². The Kier molecular flexibility index (Phi) is 3.51. The van der Waals surface area contributed by atoms with Crippen molar-refractivity contribution in [3.63, 3.8) is 0 Å². The molecule has 0 aliphatic heterocycles. The highest BCUT2D eigenvalue weighted by atomic mass is 15.1. The van der Waals surface area contributed by atoms with Crippen LogP contribution in [0.5, 0.6) is 0 Å². The van der Waals surface area contributed by atoms with Gasteiger partial charge in [0.05, 0.1) is 0 Å². The second-order valence-corrected chi connectivity index (χ2v) is 1.78. The van der Waals surface area contributed by atoms with Crippen molar-refractivity contribution in [3.05, 3.63) is 12.7 Å². The lowest BCUT2D eigenvalue weighted by molar-refractivity contribution is 0.799. The third-order valence-electron chi connectivity index (χ3n) is 0.970. The van der Waals surface area contributed by atoms with E-state index in [9.17, 15) is 0 Å². The number of guanidine groups is 1. The minimum Gasteiger partial charge on any atom is -0.370 e. The number of hydrogen-bond acceptors (Lipinski definition) is 1. The van der Waals surface area contributed by atoms with Gasteiger partial charge < -0.3 is 11.1 Å². The van der Waals surface area contributed by atoms with Gasteiger partial charge in [-0.3, -0.25) is 4.99 Å². The number of aliphatic imine (C=N–C) groups is 1. The van der Waals surface area contributed by atoms with Crippen LogP contribution in [-0.4, -0.2) is 19.0 Å². The normalized spacial score (nSPS) is 14.7. The highest BCUT2D eigenvalue weighted by Crippen LogP contribution is 1.78. The third kappa shape index (κ3) is 3.58. The Bertz CT molecular complexity index is 117. The zero-order chi connectivity index (χ0) is 7.28. The molecular weight excluding hydrogens is 114 g/mol. The Balaban J connectivity index is 3.59. The van der Waals surface area contributed by atoms with Gasteiger partial charge >= 0.3 is 0 Å². The molecule has 0 aliphatic carbocycles. The molecule has 0 aromatic rings. The van der Waals surface area contributed by atoms with Crippen LogP contribution in [0.1, 0.15) is 6.92 Å². The molecule has 0 aliphatic rings. The smallest absolute Gasteiger partial charge is 0.188 e. The van der Waals surface area contributed by atoms with Crippen molar-refractivity contribution >= 4 is 5.96 Å². The molecule has 0 rings (SSSR count). The Labute approximate surface area is 55.7 Å². The molecular formula is C6H13N3. The van der Waals surface area contributed by atoms with Crippen LogP contribution in [0, 0.1) is 0 Å². The van der Waals surface area contributed by atoms with Crippen LogP contribution in [0.25, 0.3) is 0 Å². The summed E-state index contributed by atoms with van der Waals surface area (Å²) >= 11 is 0. The molecule has 0 fully saturated rings. The molecule has 0 saturated heterocycles. The molecule has 0 amide bonds. The quantitative estimate of drug-likeness (QED) is 0.314. The van der Waals surface area contributed by atoms with Gasteiger partial charge in [-0.25, -0.2) is 0 Å². The molecule has 0 aromatic carbocycles. The summed E-state index contributed by atoms with van der Waals surface area (Å²) in [6.45, 7) is 5.52. The van der Waals surface area contributed by atoms with E-state index in [1.54, 1.807) is 13.1 Å². The molecule has 3 nitrogen and oxygen atoms in total. The highest BCUT2D eigenvalue weighted by Gasteiger charge is 1.92. The maximum absolute atomic E-state index is 5.34. The van der Waals surface area contributed by atoms with E-state index in [2.05, 4.69) is 16.9 Å². The summed E-state index contributed by atoms with van der Waals surface area (Å²) < 4.78 is 0. The SMILES string of the molecule is C=CC(C)NC(N)=NC. The average Bonchev–Trinajstić information content (AvgIpc) is 1.87. The van der Waals surface area contributed by atoms with E-state index in [0.29, 0.717) is 5.96 Å². The van der Waals surface area contributed by atoms with E-state index in [1.807, 2.05) is 6.92 Å². The summed E-state index contributed by atoms with van der Waals surface area (Å²) in [4.78, 5) is 3.71. The van der Waals surface area contributed by atoms with Crippen molar-refractivity contribution < 1.29 is 0 Å². The maximum Gasteiger partial charge on any atom is 0.188 e. The lowest BCUT2D eigenvalue weighted by atomic mass is 10.3. The minimum absolute atomic E-state index is 0.189. The summed E-state index contributed by atoms with van der Waals surface area (Å²) in [5, 5.41) is 2.89. The summed E-state index contributed by atoms with van der Waals surface area (Å²) in [5.74, 6) is 0.447. The molecule has 9 heavy (non-hydrogen) atoms. The summed E-state index contributed by atoms with van der Waals surface area (Å²) in [6, 6.07) is 0.189. The molecule has 3 N–H and O–H groups in total. The molecule has 0 saturated carbocycles. The largest absolute Gasteiger partial charge is 0.370 e. The predicted molar refractivity (Wildman–Crippen MR) is 40.3 cm³/mol. The third-order valence-corrected chi connectivity index (χ3v) is 0.970. The lowest BCUT2D eigenvalue weighted by Crippen LogP contribution is -2.36. The molecule has 0 bridgehead atoms. The fourth-order valence-electron chi connectivity index (χ4n) is 0.357. The van der Waals surface area contributed by atoms with E-state index < -0.39 is 0 Å². The molecule has 0 radical (unpaired) electrons. The van der Waals surface area contributed by atoms with Gasteiger partial charge in [-0.05, 0) is 6.92 Å². The van der Waals surface area contributed by atoms with Gasteiger partial charge in [-0.1, -0.05) is 6.08 Å². The molecule has 0 spiro atoms. The van der Waals surface area contributed by atoms with Crippen molar-refractivity contribution in [2.75, 3.05) is 7.05 Å². The van der Waals surface area contributed by atoms with Crippen LogP contribution in [0.4, 0.5) is 0 Å². The Morgan fingerprint density at radius 2 is 2.44 bits per heavy atom. The Morgan fingerprint density at radius 1 is 1.89 bits per heavy atom. The zero-order valence-electron chi connectivity index (χ0n) is 5.89. The van der Waals surface area contributed by atoms with Gasteiger partial charge in [0.15, 0.2) is 5.96 Å². The van der Waals surface area contributed by atoms with E-state index in [1.165, 1.54) is 0 Å². The number of nitrogens with zero attached hydrogens (tertiary/aromatic N) is 1. The first-order valence-electron chi connectivity index (χ1n) is 2.82. The van der Waals surface area contributed by atoms with Gasteiger partial charge in [-0.2, -0.15) is 0 Å². The summed E-state index contributed by atoms with van der Waals surface area (Å²) in [7, 11) is 1.64. The monoisotopic (exact) mass is 127 g/mol. The highest BCUT2D eigenvalue weighted by molar-refractivity contribution is 5.78. The van der Waals surface area contributed by atoms with Gasteiger partial charge in [0.25, 0.3) is 0 Å². The van der Waals surface area contributed by atoms with Crippen LogP contribution in [0.15, 0.2) is 17.6 Å². The van der Waals surface area contributed by atoms with Crippen molar-refractivity contribution in [1.29, 1.82) is 0 Å². The molecule has 0 aromatic heterocycles. The van der Waals surface area contributed by atoms with Crippen LogP contribution in [0.3, 0.4) is 0 Å². The van der Waals surface area contributed by atoms with Crippen molar-refractivity contribution in [3.8, 4) is 0 Å². The first-order chi connectivity index (χ1) is 4.20. The van der Waals surface area contributed by atoms with Crippen molar-refractivity contribution in [2.45, 2.75) is 13.0 Å². The van der Waals surface area contributed by atoms with Gasteiger partial charge in [0.1, 0.15) is 0 Å². The average molecular weight is 127 g/mol. The standard InChI is InChI=1S/C6H13N3/c1-4-5(2)9-6(7)8-3/h4-5H,1H2,2-3H3,(H3,7,8,9). The van der Waals surface area contributed by atoms with Crippen molar-refractivity contribution in [1.82, 2.24) is 5.32 Å². The lowest BCUT2D eigenvalue weighted by Gasteiger charge is -2.07. The second kappa shape index (κ2) is 3.95. The zero-order valence-corrected chi connectivity index (χ0v) is 5.89. The number of rotatable bonds is 2. The van der Waals surface area contributed by atoms with Crippen LogP contribution < -0.4 is 11.1 Å². The number of nitrogens with one attached hydrogen (secondary N) is 1. The fraction of sp³-hybridized carbons (Fsp3) is 0.500. The molecule has 0 heterocycles. The fourth-order valence-corrected chi connectivity index (χ4v) is 0.357. The summed E-state index contributed by atoms with van der Waals surface area (Å²) in [6.07, 6.45) is 1.76. The van der Waals surface area contributed by atoms with Gasteiger partial charge in [-0.15, -0.1) is 6.58 Å². The Hall–Kier alpha value is -0.990. The van der Waals surface area contributed by atoms with Crippen LogP contribution in [0.2, 0.25) is 0 Å². The van der Waals surface area contributed by atoms with Crippen molar-refractivity contribution in [2.24, 2.45) is 10.7 Å². The molecule has 52 valence electrons. The second-order valence-electron chi connectivity index (χ2n) is 1.78. The number of hydrogen-bond donors (Lipinski definition) is 2. The molecule has 3 heteroatoms. The van der Waals surface area contributed by atoms with Gasteiger partial charge in [0, 0.05) is 13.1 Å². The summed E-state index contributed by atoms with van der Waals surface area (Å²) in [5.41, 5.74) is 5.34. The van der Waals surface area contributed by atoms with Gasteiger partial charge in [0.2, 0.25) is 0 Å². The predicted octanol–water partition coefficient (Wildman–Crippen LogP) is 0.0950. The number of nitrogens with two attached hydrogens (primary N) is 1. The maximum atomic E-state index is 5.34. The Morgan fingerprint density at radius 3 is 2.78 bits per heavy atom. The molecule has 1 atom stereocenters. The van der Waals surface area contributed by atoms with E-state index in [-0.39, 0.29) is 6.04 Å². The minimum atomic E-state index is 0.189.